The van der Waals surface area contributed by atoms with E-state index in [2.05, 4.69) is 20.1 Å². The summed E-state index contributed by atoms with van der Waals surface area (Å²) in [5.41, 5.74) is 8.55. The second-order valence-electron chi connectivity index (χ2n) is 10.2. The summed E-state index contributed by atoms with van der Waals surface area (Å²) >= 11 is 6.66. The Bertz CT molecular complexity index is 1860. The number of alkyl halides is 8. The average Bonchev–Trinajstić information content (AvgIpc) is 3.43. The number of nitrogens with two attached hydrogens (primary N) is 1. The number of rotatable bonds is 7. The SMILES string of the molecule is CCOc1c(C(C)n2nc(C(F)F)c3c(N)ncnc32)cc(Cl)c(C)c1-c1ccc(C(=O)N(C)C)nc1.O=C(O)C(F)(F)F.O=C(O)C(F)(F)F. The standard InChI is InChI=1S/C25H26ClF2N7O2.2C2HF3O2/c1-6-37-21-15(13(3)35-24-19(20(33-35)22(27)28)23(29)31-11-32-24)9-16(26)12(2)18(21)14-7-8-17(30-10-14)25(36)34(4)5;2*3-2(4,5)1(6)7/h7-11,13,22H,6H2,1-5H3,(H2,29,31,32);2*(H,6,7). The van der Waals surface area contributed by atoms with E-state index in [1.807, 2.05) is 13.8 Å². The fraction of sp³-hybridized carbons (Fsp3) is 0.345. The Morgan fingerprint density at radius 2 is 1.57 bits per heavy atom. The number of benzene rings is 1. The summed E-state index contributed by atoms with van der Waals surface area (Å²) in [6.07, 6.45) is -10.3. The summed E-state index contributed by atoms with van der Waals surface area (Å²) in [5.74, 6) is -5.32. The lowest BCUT2D eigenvalue weighted by molar-refractivity contribution is -0.193. The maximum absolute atomic E-state index is 13.8. The van der Waals surface area contributed by atoms with Crippen molar-refractivity contribution in [3.63, 3.8) is 0 Å². The summed E-state index contributed by atoms with van der Waals surface area (Å²) < 4.78 is 98.6. The van der Waals surface area contributed by atoms with Gasteiger partial charge in [-0.15, -0.1) is 0 Å². The average molecular weight is 758 g/mol. The van der Waals surface area contributed by atoms with Crippen molar-refractivity contribution >= 4 is 46.3 Å². The number of nitrogen functional groups attached to an aromatic ring is 1. The molecule has 4 N–H and O–H groups in total. The molecule has 3 aromatic heterocycles. The highest BCUT2D eigenvalue weighted by molar-refractivity contribution is 6.32. The second-order valence-corrected chi connectivity index (χ2v) is 10.6. The van der Waals surface area contributed by atoms with E-state index in [1.54, 1.807) is 45.4 Å². The number of carbonyl (C=O) groups excluding carboxylic acids is 1. The third-order valence-electron chi connectivity index (χ3n) is 6.52. The number of halogens is 9. The number of ether oxygens (including phenoxy) is 1. The first-order chi connectivity index (χ1) is 23.4. The highest BCUT2D eigenvalue weighted by Crippen LogP contribution is 2.44. The smallest absolute Gasteiger partial charge is 0.490 e. The van der Waals surface area contributed by atoms with Gasteiger partial charge in [0.1, 0.15) is 29.3 Å². The number of aliphatic carboxylic acids is 2. The maximum atomic E-state index is 13.8. The largest absolute Gasteiger partial charge is 0.493 e. The topological polar surface area (TPSA) is 187 Å². The number of carboxylic acid groups (broad SMARTS) is 2. The molecule has 0 spiro atoms. The molecule has 0 aliphatic rings. The van der Waals surface area contributed by atoms with Gasteiger partial charge in [-0.25, -0.2) is 33.0 Å². The predicted octanol–water partition coefficient (Wildman–Crippen LogP) is 6.35. The molecule has 51 heavy (non-hydrogen) atoms. The summed E-state index contributed by atoms with van der Waals surface area (Å²) in [5, 5.41) is 18.9. The molecule has 0 radical (unpaired) electrons. The van der Waals surface area contributed by atoms with E-state index in [4.69, 9.17) is 41.9 Å². The van der Waals surface area contributed by atoms with E-state index < -0.39 is 42.5 Å². The van der Waals surface area contributed by atoms with Gasteiger partial charge < -0.3 is 25.6 Å². The van der Waals surface area contributed by atoms with Crippen molar-refractivity contribution in [2.75, 3.05) is 26.4 Å². The van der Waals surface area contributed by atoms with Crippen LogP contribution in [0.5, 0.6) is 5.75 Å². The molecule has 278 valence electrons. The van der Waals surface area contributed by atoms with Gasteiger partial charge in [0.05, 0.1) is 18.0 Å². The Morgan fingerprint density at radius 1 is 1.02 bits per heavy atom. The number of carbonyl (C=O) groups is 3. The quantitative estimate of drug-likeness (QED) is 0.179. The van der Waals surface area contributed by atoms with Crippen molar-refractivity contribution in [2.24, 2.45) is 0 Å². The minimum atomic E-state index is -5.08. The highest BCUT2D eigenvalue weighted by atomic mass is 35.5. The van der Waals surface area contributed by atoms with Crippen LogP contribution in [0.1, 0.15) is 53.6 Å². The molecule has 0 bridgehead atoms. The number of amides is 1. The van der Waals surface area contributed by atoms with Crippen molar-refractivity contribution in [2.45, 2.75) is 45.6 Å². The molecular weight excluding hydrogens is 730 g/mol. The van der Waals surface area contributed by atoms with Crippen molar-refractivity contribution in [3.05, 3.63) is 58.3 Å². The van der Waals surface area contributed by atoms with E-state index in [-0.39, 0.29) is 22.8 Å². The van der Waals surface area contributed by atoms with Crippen molar-refractivity contribution in [1.29, 1.82) is 0 Å². The molecular formula is C29H28ClF8N7O6. The number of pyridine rings is 1. The van der Waals surface area contributed by atoms with Crippen molar-refractivity contribution < 1.29 is 64.5 Å². The molecule has 22 heteroatoms. The van der Waals surface area contributed by atoms with Gasteiger partial charge in [-0.05, 0) is 38.5 Å². The minimum absolute atomic E-state index is 0.00564. The maximum Gasteiger partial charge on any atom is 0.490 e. The van der Waals surface area contributed by atoms with E-state index in [9.17, 15) is 39.9 Å². The van der Waals surface area contributed by atoms with Gasteiger partial charge in [-0.1, -0.05) is 17.7 Å². The summed E-state index contributed by atoms with van der Waals surface area (Å²) in [4.78, 5) is 43.9. The van der Waals surface area contributed by atoms with E-state index in [0.717, 1.165) is 5.56 Å². The van der Waals surface area contributed by atoms with Gasteiger partial charge in [0, 0.05) is 42.0 Å². The first-order valence-corrected chi connectivity index (χ1v) is 14.3. The summed E-state index contributed by atoms with van der Waals surface area (Å²) in [7, 11) is 3.30. The second kappa shape index (κ2) is 16.6. The van der Waals surface area contributed by atoms with E-state index >= 15 is 0 Å². The fourth-order valence-electron chi connectivity index (χ4n) is 4.18. The van der Waals surface area contributed by atoms with Crippen LogP contribution in [-0.4, -0.2) is 90.7 Å². The van der Waals surface area contributed by atoms with Crippen LogP contribution in [0, 0.1) is 6.92 Å². The molecule has 0 aliphatic heterocycles. The Balaban J connectivity index is 0.000000543. The number of hydrogen-bond acceptors (Lipinski definition) is 9. The van der Waals surface area contributed by atoms with Crippen LogP contribution >= 0.6 is 11.6 Å². The van der Waals surface area contributed by atoms with Crippen LogP contribution in [0.3, 0.4) is 0 Å². The van der Waals surface area contributed by atoms with Gasteiger partial charge in [0.25, 0.3) is 12.3 Å². The van der Waals surface area contributed by atoms with Crippen LogP contribution in [0.2, 0.25) is 5.02 Å². The molecule has 0 aliphatic carbocycles. The molecule has 1 unspecified atom stereocenters. The Labute approximate surface area is 287 Å². The zero-order valence-electron chi connectivity index (χ0n) is 26.9. The normalized spacial score (nSPS) is 12.0. The molecule has 13 nitrogen and oxygen atoms in total. The predicted molar refractivity (Wildman–Crippen MR) is 164 cm³/mol. The van der Waals surface area contributed by atoms with E-state index in [0.29, 0.717) is 39.8 Å². The lowest BCUT2D eigenvalue weighted by atomic mass is 9.94. The molecule has 0 saturated heterocycles. The van der Waals surface area contributed by atoms with Crippen LogP contribution < -0.4 is 10.5 Å². The van der Waals surface area contributed by atoms with Gasteiger partial charge >= 0.3 is 24.3 Å². The highest BCUT2D eigenvalue weighted by Gasteiger charge is 2.39. The minimum Gasteiger partial charge on any atom is -0.493 e. The van der Waals surface area contributed by atoms with Crippen LogP contribution in [0.25, 0.3) is 22.2 Å². The zero-order valence-corrected chi connectivity index (χ0v) is 27.7. The Morgan fingerprint density at radius 3 is 2.00 bits per heavy atom. The molecule has 1 aromatic carbocycles. The summed E-state index contributed by atoms with van der Waals surface area (Å²) in [6, 6.07) is 4.51. The molecule has 0 saturated carbocycles. The zero-order chi connectivity index (χ0) is 39.2. The summed E-state index contributed by atoms with van der Waals surface area (Å²) in [6.45, 7) is 5.80. The van der Waals surface area contributed by atoms with Gasteiger partial charge in [-0.2, -0.15) is 31.4 Å². The van der Waals surface area contributed by atoms with Crippen LogP contribution in [0.4, 0.5) is 40.9 Å². The number of fused-ring (bicyclic) bond motifs is 1. The molecule has 1 atom stereocenters. The Hall–Kier alpha value is -5.34. The number of hydrogen-bond donors (Lipinski definition) is 3. The number of carboxylic acids is 2. The number of nitrogens with zero attached hydrogens (tertiary/aromatic N) is 6. The van der Waals surface area contributed by atoms with Gasteiger partial charge in [0.15, 0.2) is 5.65 Å². The molecule has 3 heterocycles. The number of anilines is 1. The Kier molecular flexibility index (Phi) is 13.6. The molecule has 0 fully saturated rings. The first kappa shape index (κ1) is 41.8. The van der Waals surface area contributed by atoms with Crippen molar-refractivity contribution in [3.8, 4) is 16.9 Å². The van der Waals surface area contributed by atoms with Crippen LogP contribution in [0.15, 0.2) is 30.7 Å². The lowest BCUT2D eigenvalue weighted by Gasteiger charge is -2.23. The van der Waals surface area contributed by atoms with Gasteiger partial charge in [0.2, 0.25) is 0 Å². The first-order valence-electron chi connectivity index (χ1n) is 14.0. The molecule has 4 rings (SSSR count). The third-order valence-corrected chi connectivity index (χ3v) is 6.92. The van der Waals surface area contributed by atoms with Crippen molar-refractivity contribution in [1.82, 2.24) is 29.6 Å². The van der Waals surface area contributed by atoms with E-state index in [1.165, 1.54) is 15.9 Å². The third kappa shape index (κ3) is 10.1. The van der Waals surface area contributed by atoms with Crippen LogP contribution in [-0.2, 0) is 9.59 Å². The fourth-order valence-corrected chi connectivity index (χ4v) is 4.39. The molecule has 1 amide bonds. The lowest BCUT2D eigenvalue weighted by Crippen LogP contribution is -2.22. The van der Waals surface area contributed by atoms with Gasteiger partial charge in [-0.3, -0.25) is 9.78 Å². The monoisotopic (exact) mass is 757 g/mol. The molecule has 4 aromatic rings. The number of aromatic nitrogens is 5.